The van der Waals surface area contributed by atoms with Gasteiger partial charge in [0, 0.05) is 5.92 Å². The maximum atomic E-state index is 11.9. The molecule has 2 fully saturated rings. The maximum absolute atomic E-state index is 11.9. The second-order valence-electron chi connectivity index (χ2n) is 5.19. The van der Waals surface area contributed by atoms with Crippen molar-refractivity contribution in [1.29, 1.82) is 0 Å². The number of hydrogen-bond acceptors (Lipinski definition) is 2. The average molecular weight is 206 g/mol. The summed E-state index contributed by atoms with van der Waals surface area (Å²) in [6.45, 7) is 4.30. The molecule has 0 radical (unpaired) electrons. The Hall–Kier alpha value is -0.790. The minimum Gasteiger partial charge on any atom is -0.459 e. The van der Waals surface area contributed by atoms with Crippen molar-refractivity contribution in [2.75, 3.05) is 0 Å². The first-order valence-corrected chi connectivity index (χ1v) is 6.13. The van der Waals surface area contributed by atoms with Gasteiger partial charge in [0.05, 0.1) is 5.92 Å². The summed E-state index contributed by atoms with van der Waals surface area (Å²) in [6.07, 6.45) is 7.66. The van der Waals surface area contributed by atoms with Crippen LogP contribution in [0.4, 0.5) is 0 Å². The summed E-state index contributed by atoms with van der Waals surface area (Å²) in [4.78, 5) is 11.9. The lowest BCUT2D eigenvalue weighted by Gasteiger charge is -2.34. The number of hydrogen-bond donors (Lipinski definition) is 0. The highest BCUT2D eigenvalue weighted by atomic mass is 16.6. The highest BCUT2D eigenvalue weighted by molar-refractivity contribution is 5.78. The van der Waals surface area contributed by atoms with Gasteiger partial charge in [-0.2, -0.15) is 0 Å². The highest BCUT2D eigenvalue weighted by Gasteiger charge is 2.63. The monoisotopic (exact) mass is 206 g/mol. The molecule has 3 rings (SSSR count). The molecule has 1 heterocycles. The van der Waals surface area contributed by atoms with Crippen molar-refractivity contribution >= 4 is 5.97 Å². The molecule has 4 unspecified atom stereocenters. The van der Waals surface area contributed by atoms with E-state index in [2.05, 4.69) is 26.0 Å². The fourth-order valence-corrected chi connectivity index (χ4v) is 4.06. The molecule has 1 saturated carbocycles. The van der Waals surface area contributed by atoms with Gasteiger partial charge in [0.25, 0.3) is 0 Å². The first-order chi connectivity index (χ1) is 7.22. The Balaban J connectivity index is 2.02. The van der Waals surface area contributed by atoms with Gasteiger partial charge in [-0.15, -0.1) is 0 Å². The quantitative estimate of drug-likeness (QED) is 0.512. The maximum Gasteiger partial charge on any atom is 0.310 e. The summed E-state index contributed by atoms with van der Waals surface area (Å²) >= 11 is 0. The highest BCUT2D eigenvalue weighted by Crippen LogP contribution is 2.59. The summed E-state index contributed by atoms with van der Waals surface area (Å²) in [5, 5.41) is 0. The normalized spacial score (nSPS) is 44.5. The molecule has 0 aromatic heterocycles. The van der Waals surface area contributed by atoms with Gasteiger partial charge < -0.3 is 4.74 Å². The van der Waals surface area contributed by atoms with E-state index in [-0.39, 0.29) is 17.5 Å². The molecule has 2 bridgehead atoms. The molecule has 3 aliphatic rings. The second-order valence-corrected chi connectivity index (χ2v) is 5.19. The Kier molecular flexibility index (Phi) is 1.80. The van der Waals surface area contributed by atoms with Crippen molar-refractivity contribution in [2.24, 2.45) is 23.7 Å². The molecular formula is C13H18O2. The molecule has 1 saturated heterocycles. The summed E-state index contributed by atoms with van der Waals surface area (Å²) in [6, 6.07) is 0. The third kappa shape index (κ3) is 0.977. The van der Waals surface area contributed by atoms with Crippen LogP contribution in [0.3, 0.4) is 0 Å². The van der Waals surface area contributed by atoms with E-state index in [0.717, 1.165) is 12.8 Å². The van der Waals surface area contributed by atoms with Gasteiger partial charge in [0.15, 0.2) is 0 Å². The van der Waals surface area contributed by atoms with Crippen LogP contribution in [0.25, 0.3) is 0 Å². The molecule has 0 amide bonds. The van der Waals surface area contributed by atoms with E-state index in [1.54, 1.807) is 0 Å². The lowest BCUT2D eigenvalue weighted by molar-refractivity contribution is -0.153. The van der Waals surface area contributed by atoms with Crippen molar-refractivity contribution in [3.8, 4) is 0 Å². The molecular weight excluding hydrogens is 188 g/mol. The summed E-state index contributed by atoms with van der Waals surface area (Å²) < 4.78 is 5.72. The van der Waals surface area contributed by atoms with E-state index >= 15 is 0 Å². The lowest BCUT2D eigenvalue weighted by atomic mass is 9.72. The van der Waals surface area contributed by atoms with Crippen molar-refractivity contribution in [2.45, 2.75) is 38.7 Å². The van der Waals surface area contributed by atoms with Crippen LogP contribution in [0.15, 0.2) is 12.2 Å². The molecule has 15 heavy (non-hydrogen) atoms. The zero-order valence-corrected chi connectivity index (χ0v) is 9.40. The average Bonchev–Trinajstić information content (AvgIpc) is 2.90. The van der Waals surface area contributed by atoms with E-state index in [9.17, 15) is 4.79 Å². The predicted molar refractivity (Wildman–Crippen MR) is 57.1 cm³/mol. The van der Waals surface area contributed by atoms with E-state index in [0.29, 0.717) is 17.8 Å². The Morgan fingerprint density at radius 2 is 2.00 bits per heavy atom. The second kappa shape index (κ2) is 2.87. The molecule has 4 atom stereocenters. The Morgan fingerprint density at radius 1 is 1.33 bits per heavy atom. The molecule has 0 aromatic rings. The Labute approximate surface area is 90.7 Å². The third-order valence-corrected chi connectivity index (χ3v) is 4.84. The van der Waals surface area contributed by atoms with Crippen LogP contribution in [0.2, 0.25) is 0 Å². The number of allylic oxidation sites excluding steroid dienone is 2. The number of ether oxygens (including phenoxy) is 1. The number of esters is 1. The van der Waals surface area contributed by atoms with Crippen LogP contribution in [0, 0.1) is 23.7 Å². The number of fused-ring (bicyclic) bond motifs is 5. The Bertz CT molecular complexity index is 327. The summed E-state index contributed by atoms with van der Waals surface area (Å²) in [5.74, 6) is 1.80. The minimum absolute atomic E-state index is 0.0700. The number of carbonyl (C=O) groups is 1. The van der Waals surface area contributed by atoms with Crippen molar-refractivity contribution in [1.82, 2.24) is 0 Å². The van der Waals surface area contributed by atoms with Crippen molar-refractivity contribution in [3.05, 3.63) is 12.2 Å². The first kappa shape index (κ1) is 9.44. The largest absolute Gasteiger partial charge is 0.459 e. The van der Waals surface area contributed by atoms with Gasteiger partial charge in [-0.05, 0) is 31.1 Å². The van der Waals surface area contributed by atoms with Crippen LogP contribution >= 0.6 is 0 Å². The van der Waals surface area contributed by atoms with Crippen LogP contribution in [0.5, 0.6) is 0 Å². The van der Waals surface area contributed by atoms with Crippen LogP contribution in [-0.4, -0.2) is 11.6 Å². The van der Waals surface area contributed by atoms with E-state index < -0.39 is 0 Å². The van der Waals surface area contributed by atoms with E-state index in [1.165, 1.54) is 6.42 Å². The topological polar surface area (TPSA) is 26.3 Å². The van der Waals surface area contributed by atoms with Crippen LogP contribution in [0.1, 0.15) is 33.1 Å². The number of carbonyl (C=O) groups excluding carboxylic acids is 1. The van der Waals surface area contributed by atoms with Crippen molar-refractivity contribution < 1.29 is 9.53 Å². The molecule has 1 aliphatic heterocycles. The Morgan fingerprint density at radius 3 is 2.67 bits per heavy atom. The number of cyclic esters (lactones) is 1. The van der Waals surface area contributed by atoms with Crippen LogP contribution < -0.4 is 0 Å². The lowest BCUT2D eigenvalue weighted by Crippen LogP contribution is -2.38. The van der Waals surface area contributed by atoms with Crippen LogP contribution in [-0.2, 0) is 9.53 Å². The molecule has 0 N–H and O–H groups in total. The number of rotatable bonds is 2. The standard InChI is InChI=1S/C13H18O2/c1-3-13(4-2)11-9-6-5-8(7-9)10(11)12(14)15-13/h5-6,8-11H,3-4,7H2,1-2H3. The van der Waals surface area contributed by atoms with E-state index in [4.69, 9.17) is 4.74 Å². The molecule has 0 aromatic carbocycles. The molecule has 2 heteroatoms. The third-order valence-electron chi connectivity index (χ3n) is 4.84. The summed E-state index contributed by atoms with van der Waals surface area (Å²) in [5.41, 5.74) is -0.147. The smallest absolute Gasteiger partial charge is 0.310 e. The van der Waals surface area contributed by atoms with Gasteiger partial charge in [0.1, 0.15) is 5.60 Å². The van der Waals surface area contributed by atoms with Gasteiger partial charge in [-0.1, -0.05) is 26.0 Å². The molecule has 2 aliphatic carbocycles. The predicted octanol–water partition coefficient (Wildman–Crippen LogP) is 2.54. The molecule has 82 valence electrons. The fourth-order valence-electron chi connectivity index (χ4n) is 4.06. The van der Waals surface area contributed by atoms with E-state index in [1.807, 2.05) is 0 Å². The minimum atomic E-state index is -0.147. The molecule has 2 nitrogen and oxygen atoms in total. The van der Waals surface area contributed by atoms with Gasteiger partial charge >= 0.3 is 5.97 Å². The summed E-state index contributed by atoms with van der Waals surface area (Å²) in [7, 11) is 0. The zero-order chi connectivity index (χ0) is 10.6. The van der Waals surface area contributed by atoms with Gasteiger partial charge in [0.2, 0.25) is 0 Å². The van der Waals surface area contributed by atoms with Gasteiger partial charge in [-0.25, -0.2) is 0 Å². The fraction of sp³-hybridized carbons (Fsp3) is 0.769. The van der Waals surface area contributed by atoms with Gasteiger partial charge in [-0.3, -0.25) is 4.79 Å². The van der Waals surface area contributed by atoms with Crippen molar-refractivity contribution in [3.63, 3.8) is 0 Å². The SMILES string of the molecule is CCC1(CC)OC(=O)C2C3C=CC(C3)C21. The zero-order valence-electron chi connectivity index (χ0n) is 9.40. The first-order valence-electron chi connectivity index (χ1n) is 6.13. The molecule has 0 spiro atoms.